The summed E-state index contributed by atoms with van der Waals surface area (Å²) >= 11 is 1.70. The van der Waals surface area contributed by atoms with Crippen molar-refractivity contribution in [2.75, 3.05) is 9.80 Å². The van der Waals surface area contributed by atoms with Crippen molar-refractivity contribution >= 4 is 176 Å². The van der Waals surface area contributed by atoms with Gasteiger partial charge in [0.15, 0.2) is 0 Å². The zero-order chi connectivity index (χ0) is 116. The molecule has 0 saturated carbocycles. The Labute approximate surface area is 830 Å². The van der Waals surface area contributed by atoms with E-state index in [0.29, 0.717) is 45.0 Å². The maximum atomic E-state index is 11.1. The molecule has 8 heteroatoms. The largest absolute Gasteiger partial charge is 0.310 e. The van der Waals surface area contributed by atoms with Gasteiger partial charge < -0.3 is 28.1 Å². The molecule has 642 valence electrons. The molecule has 0 N–H and O–H groups in total. The van der Waals surface area contributed by atoms with Crippen LogP contribution >= 0.6 is 11.3 Å². The Morgan fingerprint density at radius 1 is 0.252 bits per heavy atom. The summed E-state index contributed by atoms with van der Waals surface area (Å²) in [6.07, 6.45) is 0. The van der Waals surface area contributed by atoms with E-state index in [9.17, 15) is 34.3 Å². The maximum Gasteiger partial charge on any atom is 0.252 e. The number of aromatic nitrogens is 4. The zero-order valence-corrected chi connectivity index (χ0v) is 75.8. The van der Waals surface area contributed by atoms with Gasteiger partial charge >= 0.3 is 0 Å². The van der Waals surface area contributed by atoms with Crippen molar-refractivity contribution in [2.45, 2.75) is 85.5 Å². The monoisotopic (exact) mass is 1780 g/mol. The highest BCUT2D eigenvalue weighted by Crippen LogP contribution is 2.58. The second kappa shape index (κ2) is 29.1. The molecule has 0 aliphatic carbocycles. The summed E-state index contributed by atoms with van der Waals surface area (Å²) in [4.78, 5) is 4.59. The van der Waals surface area contributed by atoms with Crippen molar-refractivity contribution in [3.05, 3.63) is 416 Å². The first-order valence-electron chi connectivity index (χ1n) is 59.7. The lowest BCUT2D eigenvalue weighted by Gasteiger charge is -2.47. The Hall–Kier alpha value is -15.7. The van der Waals surface area contributed by atoms with Gasteiger partial charge in [-0.05, 0) is 270 Å². The van der Waals surface area contributed by atoms with Gasteiger partial charge in [-0.25, -0.2) is 0 Å². The molecule has 13 bridgehead atoms. The van der Waals surface area contributed by atoms with Gasteiger partial charge in [0.05, 0.1) is 95.3 Å². The molecule has 27 rings (SSSR count). The van der Waals surface area contributed by atoms with Crippen LogP contribution in [0.25, 0.3) is 197 Å². The summed E-state index contributed by atoms with van der Waals surface area (Å²) in [5.74, 6) is 0. The predicted octanol–water partition coefficient (Wildman–Crippen LogP) is 33.0. The Balaban J connectivity index is 0.845. The number of hydrogen-bond acceptors (Lipinski definition) is 3. The minimum absolute atomic E-state index is 0.0761. The molecule has 0 atom stereocenters. The van der Waals surface area contributed by atoms with Crippen molar-refractivity contribution in [1.82, 2.24) is 18.3 Å². The van der Waals surface area contributed by atoms with Gasteiger partial charge in [-0.15, -0.1) is 11.3 Å². The average molecular weight is 1780 g/mol. The number of thiophene rings is 1. The van der Waals surface area contributed by atoms with E-state index in [0.717, 1.165) is 114 Å². The fourth-order valence-corrected chi connectivity index (χ4v) is 22.2. The van der Waals surface area contributed by atoms with Crippen LogP contribution in [0.3, 0.4) is 0 Å². The third-order valence-corrected chi connectivity index (χ3v) is 28.8. The van der Waals surface area contributed by atoms with Crippen LogP contribution in [0, 0.1) is 6.92 Å². The van der Waals surface area contributed by atoms with E-state index in [4.69, 9.17) is 5.48 Å². The minimum Gasteiger partial charge on any atom is -0.310 e. The van der Waals surface area contributed by atoms with E-state index in [1.54, 1.807) is 22.0 Å². The molecule has 135 heavy (non-hydrogen) atoms. The highest BCUT2D eigenvalue weighted by Gasteiger charge is 2.47. The molecule has 0 amide bonds. The SMILES string of the molecule is [2H]c1c([2H])c([2H])c2c(c1[2H])c1c([2H])c(-n3c4c([2H])c([2H])c([2H])c([2H])c4c4c([2H])c([2H])c([2H])c([2H])c43)c([2H])c([2H])c1n2-c1ccc2c(c1)N1c3cc(C(C)(C)C)cc4c3B2c2ccc(-n3c5c([2H])c([2H])c([2H])c([2H])c5c5c([2H])c(-n6c7c([2H])c([2H])c([2H])c([2H])c7c7c([2H])c([2H])c([2H])c([2H])c76)c(C)c([2H])c53)cc2N4c2c(-c3ccccc3)cc(C(C)(C)C)cc2-c2cccc(c2)-c2ccc3sc4ccc(cc4c3c2)-c2cccc(c2)-c2cc(C(C)(C)C)cc(-c3ccccc3)c21. The molecule has 19 aromatic carbocycles. The lowest BCUT2D eigenvalue weighted by atomic mass is 9.33. The van der Waals surface area contributed by atoms with Crippen LogP contribution in [-0.2, 0) is 16.2 Å². The summed E-state index contributed by atoms with van der Waals surface area (Å²) in [5, 5.41) is -0.462. The molecular formula is C127H95BN6S. The molecular weight excluding hydrogens is 1650 g/mol. The molecule has 24 aromatic rings. The molecule has 0 saturated heterocycles. The number of fused-ring (bicyclic) bond motifs is 32. The van der Waals surface area contributed by atoms with Gasteiger partial charge in [0.25, 0.3) is 6.71 Å². The van der Waals surface area contributed by atoms with Crippen LogP contribution in [0.4, 0.5) is 34.1 Å². The quantitative estimate of drug-likeness (QED) is 0.155. The molecule has 8 heterocycles. The van der Waals surface area contributed by atoms with Crippen molar-refractivity contribution in [3.63, 3.8) is 0 Å². The number of nitrogens with zero attached hydrogens (tertiary/aromatic N) is 6. The minimum atomic E-state index is -1.01. The number of benzene rings is 19. The number of anilines is 6. The number of para-hydroxylation sites is 6. The predicted molar refractivity (Wildman–Crippen MR) is 578 cm³/mol. The molecule has 5 aromatic heterocycles. The Kier molecular flexibility index (Phi) is 11.9. The van der Waals surface area contributed by atoms with E-state index < -0.39 is 215 Å². The third kappa shape index (κ3) is 12.0. The first-order chi connectivity index (χ1) is 77.8. The standard InChI is InChI=1S/C127H95BN6S/c1-76-61-115-102(75-114(76)132-111-49-27-19-41-93(111)94-42-20-28-50-112(94)132)96-44-22-26-48-110(96)131(115)90-54-57-106-117(74-90)134-119-71-87(127(8,9)10)70-118-122(119)128(106)105-56-53-89(130-109-47-25-21-43-95(109)101-72-88(55-58-113(101)130)129-107-45-23-17-39-91(107)92-40-18-24-46-108(92)129)73-116(105)133(118)123-97(77-31-13-11-14-32-77)66-85(125(2,3)4)68-99(123)83-37-29-35-79(62-83)81-51-59-120-103(64-81)104-65-82(52-60-121(104)135-120)80-36-30-38-84(63-80)100-69-86(126(5,6)7)67-98(124(100)134)78-33-15-12-16-34-78/h11-75H,1-10H3/i17D,18D,19D,20D,21D,22D,23D,24D,25D,26D,27D,28D,39D,40D,41D,42D,43D,44D,45D,46D,47D,48D,49D,50D,55D,58D,61D,72D,75D. The van der Waals surface area contributed by atoms with Crippen molar-refractivity contribution in [1.29, 1.82) is 0 Å². The summed E-state index contributed by atoms with van der Waals surface area (Å²) in [7, 11) is 0. The smallest absolute Gasteiger partial charge is 0.252 e. The molecule has 6 nitrogen and oxygen atoms in total. The molecule has 3 aliphatic rings. The van der Waals surface area contributed by atoms with E-state index in [2.05, 4.69) is 218 Å². The van der Waals surface area contributed by atoms with Gasteiger partial charge in [0.1, 0.15) is 0 Å². The van der Waals surface area contributed by atoms with Crippen molar-refractivity contribution < 1.29 is 39.8 Å². The second-order valence-electron chi connectivity index (χ2n) is 38.6. The van der Waals surface area contributed by atoms with E-state index >= 15 is 0 Å². The normalized spacial score (nSPS) is 16.1. The first-order valence-corrected chi connectivity index (χ1v) is 46.0. The van der Waals surface area contributed by atoms with Gasteiger partial charge in [0, 0.05) is 131 Å². The molecule has 0 spiro atoms. The van der Waals surface area contributed by atoms with E-state index in [1.807, 2.05) is 66.7 Å². The van der Waals surface area contributed by atoms with E-state index in [-0.39, 0.29) is 98.8 Å². The maximum absolute atomic E-state index is 11.1. The Bertz CT molecular complexity index is 10400. The van der Waals surface area contributed by atoms with Gasteiger partial charge in [-0.1, -0.05) is 292 Å². The first kappa shape index (κ1) is 54.9. The van der Waals surface area contributed by atoms with E-state index in [1.165, 1.54) is 16.1 Å². The van der Waals surface area contributed by atoms with Crippen molar-refractivity contribution in [2.24, 2.45) is 0 Å². The highest BCUT2D eigenvalue weighted by molar-refractivity contribution is 7.25. The Morgan fingerprint density at radius 3 is 1.03 bits per heavy atom. The van der Waals surface area contributed by atoms with Gasteiger partial charge in [-0.2, -0.15) is 0 Å². The van der Waals surface area contributed by atoms with Crippen LogP contribution < -0.4 is 26.2 Å². The summed E-state index contributed by atoms with van der Waals surface area (Å²) in [5.41, 5.74) is 12.4. The van der Waals surface area contributed by atoms with Crippen molar-refractivity contribution in [3.8, 4) is 89.5 Å². The molecule has 0 radical (unpaired) electrons. The van der Waals surface area contributed by atoms with Gasteiger partial charge in [0.2, 0.25) is 0 Å². The number of rotatable bonds is 6. The lowest BCUT2D eigenvalue weighted by Crippen LogP contribution is -2.61. The van der Waals surface area contributed by atoms with Crippen LogP contribution in [-0.4, -0.2) is 25.0 Å². The summed E-state index contributed by atoms with van der Waals surface area (Å²) < 4.78 is 293. The van der Waals surface area contributed by atoms with Crippen LogP contribution in [0.5, 0.6) is 0 Å². The van der Waals surface area contributed by atoms with Crippen LogP contribution in [0.1, 0.15) is 124 Å². The van der Waals surface area contributed by atoms with Crippen LogP contribution in [0.15, 0.2) is 394 Å². The zero-order valence-electron chi connectivity index (χ0n) is 104. The summed E-state index contributed by atoms with van der Waals surface area (Å²) in [6.45, 7) is 19.9. The highest BCUT2D eigenvalue weighted by atomic mass is 32.1. The molecule has 3 aliphatic heterocycles. The fraction of sp³-hybridized carbons (Fsp3) is 0.102. The second-order valence-corrected chi connectivity index (χ2v) is 39.7. The lowest BCUT2D eigenvalue weighted by molar-refractivity contribution is 0.590. The molecule has 0 unspecified atom stereocenters. The number of hydrogen-bond donors (Lipinski definition) is 0. The third-order valence-electron chi connectivity index (χ3n) is 27.6. The average Bonchev–Trinajstić information content (AvgIpc) is 1.17. The van der Waals surface area contributed by atoms with Gasteiger partial charge in [-0.3, -0.25) is 0 Å². The molecule has 0 fully saturated rings. The van der Waals surface area contributed by atoms with Crippen LogP contribution in [0.2, 0.25) is 0 Å². The summed E-state index contributed by atoms with van der Waals surface area (Å²) in [6, 6.07) is 55.0. The topological polar surface area (TPSA) is 26.2 Å². The fourth-order valence-electron chi connectivity index (χ4n) is 21.1. The Morgan fingerprint density at radius 2 is 0.600 bits per heavy atom.